The molecule has 0 bridgehead atoms. The van der Waals surface area contributed by atoms with Crippen molar-refractivity contribution in [1.29, 1.82) is 0 Å². The molecule has 0 aliphatic heterocycles. The number of ether oxygens (including phenoxy) is 1. The Morgan fingerprint density at radius 2 is 1.43 bits per heavy atom. The number of hydrogen-bond acceptors (Lipinski definition) is 3. The molecule has 0 saturated carbocycles. The average molecular weight is 367 g/mol. The Balaban J connectivity index is 1.31. The predicted octanol–water partition coefficient (Wildman–Crippen LogP) is 5.97. The Labute approximate surface area is 164 Å². The van der Waals surface area contributed by atoms with E-state index in [0.717, 1.165) is 22.4 Å². The van der Waals surface area contributed by atoms with Crippen LogP contribution in [-0.4, -0.2) is 6.21 Å². The summed E-state index contributed by atoms with van der Waals surface area (Å²) in [6.07, 6.45) is 1.71. The first-order valence-corrected chi connectivity index (χ1v) is 9.27. The molecule has 0 amide bonds. The number of nitrogens with zero attached hydrogens (tertiary/aromatic N) is 1. The Hall–Kier alpha value is -3.59. The van der Waals surface area contributed by atoms with Gasteiger partial charge in [0.1, 0.15) is 19.0 Å². The van der Waals surface area contributed by atoms with Crippen molar-refractivity contribution >= 4 is 17.0 Å². The summed E-state index contributed by atoms with van der Waals surface area (Å²) in [6.45, 7) is 0.999. The Morgan fingerprint density at radius 1 is 0.679 bits per heavy atom. The summed E-state index contributed by atoms with van der Waals surface area (Å²) in [7, 11) is 0. The van der Waals surface area contributed by atoms with Crippen molar-refractivity contribution in [3.63, 3.8) is 0 Å². The van der Waals surface area contributed by atoms with Gasteiger partial charge in [0, 0.05) is 0 Å². The lowest BCUT2D eigenvalue weighted by Gasteiger charge is -2.06. The zero-order chi connectivity index (χ0) is 19.0. The maximum Gasteiger partial charge on any atom is 0.142 e. The summed E-state index contributed by atoms with van der Waals surface area (Å²) < 4.78 is 5.80. The SMILES string of the molecule is C(=N\OCc1cccc2ccccc12)/c1ccc(OCc2ccccc2)cc1. The fourth-order valence-electron chi connectivity index (χ4n) is 3.01. The van der Waals surface area contributed by atoms with Crippen LogP contribution in [-0.2, 0) is 18.1 Å². The van der Waals surface area contributed by atoms with Crippen molar-refractivity contribution < 1.29 is 9.57 Å². The fraction of sp³-hybridized carbons (Fsp3) is 0.0800. The minimum atomic E-state index is 0.441. The first kappa shape index (κ1) is 17.8. The summed E-state index contributed by atoms with van der Waals surface area (Å²) >= 11 is 0. The molecule has 0 unspecified atom stereocenters. The van der Waals surface area contributed by atoms with Gasteiger partial charge in [-0.2, -0.15) is 0 Å². The lowest BCUT2D eigenvalue weighted by molar-refractivity contribution is 0.133. The van der Waals surface area contributed by atoms with Crippen LogP contribution < -0.4 is 4.74 Å². The molecule has 3 heteroatoms. The van der Waals surface area contributed by atoms with Gasteiger partial charge < -0.3 is 9.57 Å². The van der Waals surface area contributed by atoms with Crippen molar-refractivity contribution in [2.45, 2.75) is 13.2 Å². The molecule has 4 rings (SSSR count). The minimum absolute atomic E-state index is 0.441. The molecule has 0 aliphatic carbocycles. The van der Waals surface area contributed by atoms with Gasteiger partial charge in [-0.1, -0.05) is 78.0 Å². The third kappa shape index (κ3) is 4.57. The highest BCUT2D eigenvalue weighted by Crippen LogP contribution is 2.19. The molecule has 138 valence electrons. The summed E-state index contributed by atoms with van der Waals surface area (Å²) in [5.41, 5.74) is 3.24. The first-order chi connectivity index (χ1) is 13.9. The van der Waals surface area contributed by atoms with Gasteiger partial charge >= 0.3 is 0 Å². The van der Waals surface area contributed by atoms with Gasteiger partial charge in [0.15, 0.2) is 0 Å². The highest BCUT2D eigenvalue weighted by atomic mass is 16.6. The second-order valence-corrected chi connectivity index (χ2v) is 6.49. The van der Waals surface area contributed by atoms with E-state index in [-0.39, 0.29) is 0 Å². The van der Waals surface area contributed by atoms with Crippen molar-refractivity contribution in [2.24, 2.45) is 5.16 Å². The molecule has 0 fully saturated rings. The standard InChI is InChI=1S/C25H21NO2/c1-2-7-21(8-3-1)18-27-24-15-13-20(14-16-24)17-26-28-19-23-11-6-10-22-9-4-5-12-25(22)23/h1-17H,18-19H2/b26-17+. The Kier molecular flexibility index (Phi) is 5.64. The number of oxime groups is 1. The lowest BCUT2D eigenvalue weighted by atomic mass is 10.1. The zero-order valence-corrected chi connectivity index (χ0v) is 15.5. The molecular formula is C25H21NO2. The van der Waals surface area contributed by atoms with E-state index < -0.39 is 0 Å². The topological polar surface area (TPSA) is 30.8 Å². The zero-order valence-electron chi connectivity index (χ0n) is 15.5. The van der Waals surface area contributed by atoms with Crippen LogP contribution in [0.5, 0.6) is 5.75 Å². The van der Waals surface area contributed by atoms with E-state index in [4.69, 9.17) is 9.57 Å². The lowest BCUT2D eigenvalue weighted by Crippen LogP contribution is -1.95. The van der Waals surface area contributed by atoms with Crippen molar-refractivity contribution in [3.05, 3.63) is 114 Å². The molecule has 3 nitrogen and oxygen atoms in total. The van der Waals surface area contributed by atoms with Gasteiger partial charge in [0.2, 0.25) is 0 Å². The van der Waals surface area contributed by atoms with Crippen molar-refractivity contribution in [2.75, 3.05) is 0 Å². The number of hydrogen-bond donors (Lipinski definition) is 0. The molecule has 0 spiro atoms. The first-order valence-electron chi connectivity index (χ1n) is 9.27. The maximum absolute atomic E-state index is 5.80. The van der Waals surface area contributed by atoms with Gasteiger partial charge in [-0.05, 0) is 51.7 Å². The molecular weight excluding hydrogens is 346 g/mol. The molecule has 0 atom stereocenters. The van der Waals surface area contributed by atoms with Gasteiger partial charge in [-0.15, -0.1) is 0 Å². The van der Waals surface area contributed by atoms with Crippen LogP contribution in [0.15, 0.2) is 102 Å². The van der Waals surface area contributed by atoms with Gasteiger partial charge in [0.25, 0.3) is 0 Å². The van der Waals surface area contributed by atoms with Crippen LogP contribution >= 0.6 is 0 Å². The third-order valence-electron chi connectivity index (χ3n) is 4.50. The normalized spacial score (nSPS) is 11.0. The van der Waals surface area contributed by atoms with Gasteiger partial charge in [-0.3, -0.25) is 0 Å². The predicted molar refractivity (Wildman–Crippen MR) is 114 cm³/mol. The molecule has 0 heterocycles. The molecule has 0 saturated heterocycles. The van der Waals surface area contributed by atoms with Crippen LogP contribution in [0.25, 0.3) is 10.8 Å². The average Bonchev–Trinajstić information content (AvgIpc) is 2.77. The van der Waals surface area contributed by atoms with Crippen LogP contribution in [0, 0.1) is 0 Å². The van der Waals surface area contributed by atoms with E-state index in [1.165, 1.54) is 10.8 Å². The Bertz CT molecular complexity index is 1050. The van der Waals surface area contributed by atoms with Crippen LogP contribution in [0.3, 0.4) is 0 Å². The summed E-state index contributed by atoms with van der Waals surface area (Å²) in [6, 6.07) is 32.4. The minimum Gasteiger partial charge on any atom is -0.489 e. The largest absolute Gasteiger partial charge is 0.489 e. The van der Waals surface area contributed by atoms with Crippen molar-refractivity contribution in [1.82, 2.24) is 0 Å². The molecule has 28 heavy (non-hydrogen) atoms. The van der Waals surface area contributed by atoms with E-state index in [1.54, 1.807) is 6.21 Å². The third-order valence-corrected chi connectivity index (χ3v) is 4.50. The molecule has 0 aliphatic rings. The van der Waals surface area contributed by atoms with Crippen LogP contribution in [0.4, 0.5) is 0 Å². The number of fused-ring (bicyclic) bond motifs is 1. The van der Waals surface area contributed by atoms with Crippen molar-refractivity contribution in [3.8, 4) is 5.75 Å². The van der Waals surface area contributed by atoms with E-state index in [1.807, 2.05) is 72.8 Å². The molecule has 0 aromatic heterocycles. The second kappa shape index (κ2) is 8.87. The monoisotopic (exact) mass is 367 g/mol. The van der Waals surface area contributed by atoms with Crippen LogP contribution in [0.2, 0.25) is 0 Å². The van der Waals surface area contributed by atoms with Crippen LogP contribution in [0.1, 0.15) is 16.7 Å². The molecule has 0 radical (unpaired) electrons. The summed E-state index contributed by atoms with van der Waals surface area (Å²) in [5, 5.41) is 6.50. The Morgan fingerprint density at radius 3 is 2.29 bits per heavy atom. The fourth-order valence-corrected chi connectivity index (χ4v) is 3.01. The second-order valence-electron chi connectivity index (χ2n) is 6.49. The summed E-state index contributed by atoms with van der Waals surface area (Å²) in [4.78, 5) is 5.51. The van der Waals surface area contributed by atoms with Gasteiger partial charge in [-0.25, -0.2) is 0 Å². The smallest absolute Gasteiger partial charge is 0.142 e. The van der Waals surface area contributed by atoms with E-state index >= 15 is 0 Å². The van der Waals surface area contributed by atoms with E-state index in [9.17, 15) is 0 Å². The number of rotatable bonds is 7. The molecule has 0 N–H and O–H groups in total. The van der Waals surface area contributed by atoms with E-state index in [0.29, 0.717) is 13.2 Å². The highest BCUT2D eigenvalue weighted by Gasteiger charge is 2.00. The van der Waals surface area contributed by atoms with Gasteiger partial charge in [0.05, 0.1) is 6.21 Å². The summed E-state index contributed by atoms with van der Waals surface area (Å²) in [5.74, 6) is 0.831. The maximum atomic E-state index is 5.80. The quantitative estimate of drug-likeness (QED) is 0.298. The number of benzene rings is 4. The van der Waals surface area contributed by atoms with E-state index in [2.05, 4.69) is 29.4 Å². The molecule has 4 aromatic carbocycles. The molecule has 4 aromatic rings. The highest BCUT2D eigenvalue weighted by molar-refractivity contribution is 5.85.